The Labute approximate surface area is 240 Å². The molecule has 2 aliphatic rings. The van der Waals surface area contributed by atoms with Gasteiger partial charge in [-0.3, -0.25) is 9.88 Å². The Morgan fingerprint density at radius 1 is 1.02 bits per heavy atom. The SMILES string of the molecule is CC(C)(C)OC(=O)N1[C@@H]2CC[C@H]1CN(c1nc(OCC(F)(F)F)nc3c(F)c(-c4cc(N)cnc4C(F)(F)F)ncc13)C2. The lowest BCUT2D eigenvalue weighted by Gasteiger charge is -2.42. The molecule has 10 nitrogen and oxygen atoms in total. The minimum atomic E-state index is -5.00. The molecule has 2 aliphatic heterocycles. The molecule has 43 heavy (non-hydrogen) atoms. The molecule has 0 aromatic carbocycles. The molecule has 2 fully saturated rings. The Morgan fingerprint density at radius 2 is 1.67 bits per heavy atom. The summed E-state index contributed by atoms with van der Waals surface area (Å²) in [6.45, 7) is 3.69. The van der Waals surface area contributed by atoms with Crippen LogP contribution in [0, 0.1) is 5.82 Å². The number of fused-ring (bicyclic) bond motifs is 3. The van der Waals surface area contributed by atoms with E-state index >= 15 is 4.39 Å². The number of aromatic nitrogens is 4. The number of nitrogen functional groups attached to an aromatic ring is 1. The number of anilines is 2. The van der Waals surface area contributed by atoms with Crippen molar-refractivity contribution in [3.05, 3.63) is 30.0 Å². The summed E-state index contributed by atoms with van der Waals surface area (Å²) < 4.78 is 106. The fourth-order valence-electron chi connectivity index (χ4n) is 5.24. The lowest BCUT2D eigenvalue weighted by Crippen LogP contribution is -2.57. The molecule has 5 heterocycles. The summed E-state index contributed by atoms with van der Waals surface area (Å²) in [6.07, 6.45) is -7.33. The van der Waals surface area contributed by atoms with Gasteiger partial charge in [-0.2, -0.15) is 36.3 Å². The van der Waals surface area contributed by atoms with Crippen molar-refractivity contribution in [3.63, 3.8) is 0 Å². The number of carbonyl (C=O) groups is 1. The van der Waals surface area contributed by atoms with Gasteiger partial charge in [0.2, 0.25) is 0 Å². The van der Waals surface area contributed by atoms with Gasteiger partial charge in [-0.15, -0.1) is 0 Å². The highest BCUT2D eigenvalue weighted by atomic mass is 19.4. The van der Waals surface area contributed by atoms with Gasteiger partial charge in [0.05, 0.1) is 29.4 Å². The zero-order valence-electron chi connectivity index (χ0n) is 23.1. The Morgan fingerprint density at radius 3 is 2.26 bits per heavy atom. The molecule has 0 radical (unpaired) electrons. The first-order valence-electron chi connectivity index (χ1n) is 13.1. The highest BCUT2D eigenvalue weighted by molar-refractivity contribution is 5.92. The van der Waals surface area contributed by atoms with Crippen LogP contribution in [0.15, 0.2) is 18.5 Å². The molecule has 1 amide bonds. The van der Waals surface area contributed by atoms with Gasteiger partial charge in [-0.05, 0) is 39.7 Å². The molecule has 0 unspecified atom stereocenters. The summed E-state index contributed by atoms with van der Waals surface area (Å²) in [4.78, 5) is 31.2. The quantitative estimate of drug-likeness (QED) is 0.386. The van der Waals surface area contributed by atoms with Crippen LogP contribution in [0.2, 0.25) is 0 Å². The lowest BCUT2D eigenvalue weighted by atomic mass is 10.1. The zero-order chi connectivity index (χ0) is 31.5. The number of hydrogen-bond acceptors (Lipinski definition) is 9. The number of halogens is 7. The van der Waals surface area contributed by atoms with Crippen LogP contribution in [0.5, 0.6) is 6.01 Å². The Hall–Kier alpha value is -4.18. The average molecular weight is 618 g/mol. The predicted molar refractivity (Wildman–Crippen MR) is 139 cm³/mol. The Bertz CT molecular complexity index is 1550. The second-order valence-electron chi connectivity index (χ2n) is 11.3. The number of nitrogens with two attached hydrogens (primary N) is 1. The van der Waals surface area contributed by atoms with Crippen molar-refractivity contribution in [3.8, 4) is 17.3 Å². The van der Waals surface area contributed by atoms with E-state index in [2.05, 4.69) is 19.9 Å². The van der Waals surface area contributed by atoms with Gasteiger partial charge in [0.15, 0.2) is 18.1 Å². The van der Waals surface area contributed by atoms with Gasteiger partial charge in [-0.25, -0.2) is 14.2 Å². The monoisotopic (exact) mass is 617 g/mol. The van der Waals surface area contributed by atoms with Gasteiger partial charge in [0.1, 0.15) is 22.6 Å². The number of pyridine rings is 2. The van der Waals surface area contributed by atoms with Crippen molar-refractivity contribution in [1.82, 2.24) is 24.8 Å². The number of piperazine rings is 1. The molecule has 2 saturated heterocycles. The van der Waals surface area contributed by atoms with E-state index in [-0.39, 0.29) is 42.1 Å². The average Bonchev–Trinajstić information content (AvgIpc) is 3.15. The van der Waals surface area contributed by atoms with Crippen LogP contribution in [-0.2, 0) is 10.9 Å². The number of alkyl halides is 6. The van der Waals surface area contributed by atoms with E-state index in [1.165, 1.54) is 0 Å². The first kappa shape index (κ1) is 30.3. The van der Waals surface area contributed by atoms with Crippen LogP contribution in [-0.4, -0.2) is 74.5 Å². The maximum Gasteiger partial charge on any atom is 0.434 e. The second-order valence-corrected chi connectivity index (χ2v) is 11.3. The molecule has 5 rings (SSSR count). The fourth-order valence-corrected chi connectivity index (χ4v) is 5.24. The molecule has 232 valence electrons. The van der Waals surface area contributed by atoms with E-state index in [0.717, 1.165) is 18.5 Å². The molecule has 17 heteroatoms. The van der Waals surface area contributed by atoms with Crippen molar-refractivity contribution < 1.29 is 45.0 Å². The lowest BCUT2D eigenvalue weighted by molar-refractivity contribution is -0.154. The molecule has 0 spiro atoms. The number of hydrogen-bond donors (Lipinski definition) is 1. The Kier molecular flexibility index (Phi) is 7.41. The first-order valence-corrected chi connectivity index (χ1v) is 13.1. The smallest absolute Gasteiger partial charge is 0.434 e. The van der Waals surface area contributed by atoms with Crippen molar-refractivity contribution >= 4 is 28.5 Å². The highest BCUT2D eigenvalue weighted by Gasteiger charge is 2.45. The van der Waals surface area contributed by atoms with Crippen LogP contribution in [0.25, 0.3) is 22.2 Å². The van der Waals surface area contributed by atoms with Crippen LogP contribution in [0.4, 0.5) is 47.0 Å². The van der Waals surface area contributed by atoms with Gasteiger partial charge in [-0.1, -0.05) is 0 Å². The van der Waals surface area contributed by atoms with Crippen molar-refractivity contribution in [2.45, 2.75) is 63.7 Å². The molecular weight excluding hydrogens is 591 g/mol. The molecule has 0 aliphatic carbocycles. The maximum atomic E-state index is 16.0. The molecule has 2 atom stereocenters. The first-order chi connectivity index (χ1) is 19.9. The third kappa shape index (κ3) is 6.29. The number of rotatable bonds is 4. The van der Waals surface area contributed by atoms with E-state index in [0.29, 0.717) is 12.8 Å². The third-order valence-corrected chi connectivity index (χ3v) is 6.83. The standard InChI is InChI=1S/C26H26F7N7O3/c1-24(2,3)43-23(41)40-13-4-5-14(40)10-39(9-13)21-16-8-35-18(15-6-12(34)7-36-20(15)26(31,32)33)17(27)19(16)37-22(38-21)42-11-25(28,29)30/h6-8,13-14H,4-5,9-11,34H2,1-3H3/t13-,14+. The number of ether oxygens (including phenoxy) is 2. The van der Waals surface area contributed by atoms with E-state index in [9.17, 15) is 31.1 Å². The molecular formula is C26H26F7N7O3. The fraction of sp³-hybridized carbons (Fsp3) is 0.500. The summed E-state index contributed by atoms with van der Waals surface area (Å²) in [5, 5.41) is -0.0869. The Balaban J connectivity index is 1.59. The minimum Gasteiger partial charge on any atom is -0.454 e. The summed E-state index contributed by atoms with van der Waals surface area (Å²) in [7, 11) is 0. The largest absolute Gasteiger partial charge is 0.454 e. The van der Waals surface area contributed by atoms with E-state index in [1.807, 2.05) is 0 Å². The van der Waals surface area contributed by atoms with Crippen LogP contribution in [0.1, 0.15) is 39.3 Å². The van der Waals surface area contributed by atoms with Crippen LogP contribution < -0.4 is 15.4 Å². The number of carbonyl (C=O) groups excluding carboxylic acids is 1. The normalized spacial score (nSPS) is 19.2. The van der Waals surface area contributed by atoms with Crippen LogP contribution in [0.3, 0.4) is 0 Å². The molecule has 3 aromatic rings. The van der Waals surface area contributed by atoms with Crippen molar-refractivity contribution in [1.29, 1.82) is 0 Å². The van der Waals surface area contributed by atoms with Crippen LogP contribution >= 0.6 is 0 Å². The third-order valence-electron chi connectivity index (χ3n) is 6.83. The summed E-state index contributed by atoms with van der Waals surface area (Å²) in [6, 6.07) is -0.727. The molecule has 0 saturated carbocycles. The van der Waals surface area contributed by atoms with Gasteiger partial charge >= 0.3 is 24.5 Å². The highest BCUT2D eigenvalue weighted by Crippen LogP contribution is 2.40. The minimum absolute atomic E-state index is 0.0531. The van der Waals surface area contributed by atoms with Gasteiger partial charge in [0.25, 0.3) is 0 Å². The van der Waals surface area contributed by atoms with E-state index in [4.69, 9.17) is 15.2 Å². The predicted octanol–water partition coefficient (Wildman–Crippen LogP) is 5.36. The zero-order valence-corrected chi connectivity index (χ0v) is 23.1. The topological polar surface area (TPSA) is 120 Å². The van der Waals surface area contributed by atoms with E-state index in [1.54, 1.807) is 30.6 Å². The summed E-state index contributed by atoms with van der Waals surface area (Å²) in [5.41, 5.74) is 0.978. The summed E-state index contributed by atoms with van der Waals surface area (Å²) in [5.74, 6) is -1.42. The maximum absolute atomic E-state index is 16.0. The van der Waals surface area contributed by atoms with E-state index < -0.39 is 64.9 Å². The second kappa shape index (κ2) is 10.5. The number of nitrogens with zero attached hydrogens (tertiary/aromatic N) is 6. The van der Waals surface area contributed by atoms with Crippen molar-refractivity contribution in [2.24, 2.45) is 0 Å². The van der Waals surface area contributed by atoms with Crippen molar-refractivity contribution in [2.75, 3.05) is 30.3 Å². The number of amides is 1. The van der Waals surface area contributed by atoms with Gasteiger partial charge < -0.3 is 20.1 Å². The molecule has 2 bridgehead atoms. The molecule has 3 aromatic heterocycles. The molecule has 2 N–H and O–H groups in total. The summed E-state index contributed by atoms with van der Waals surface area (Å²) >= 11 is 0. The van der Waals surface area contributed by atoms with Gasteiger partial charge in [0, 0.05) is 24.8 Å².